The maximum absolute atomic E-state index is 13.0. The Bertz CT molecular complexity index is 1240. The molecule has 34 heavy (non-hydrogen) atoms. The number of nitrogens with one attached hydrogen (secondary N) is 1. The molecule has 0 saturated heterocycles. The number of benzene rings is 3. The monoisotopic (exact) mass is 483 g/mol. The van der Waals surface area contributed by atoms with Crippen LogP contribution in [0.1, 0.15) is 28.4 Å². The fourth-order valence-corrected chi connectivity index (χ4v) is 4.21. The first kappa shape index (κ1) is 24.9. The summed E-state index contributed by atoms with van der Waals surface area (Å²) >= 11 is 1.29. The highest BCUT2D eigenvalue weighted by atomic mass is 32.2. The summed E-state index contributed by atoms with van der Waals surface area (Å²) in [5, 5.41) is 12.1. The smallest absolute Gasteiger partial charge is 0.331 e. The lowest BCUT2D eigenvalue weighted by Gasteiger charge is -2.22. The van der Waals surface area contributed by atoms with E-state index in [1.54, 1.807) is 66.7 Å². The summed E-state index contributed by atoms with van der Waals surface area (Å²) in [6.07, 6.45) is -4.95. The number of amides is 2. The molecule has 0 aliphatic carbocycles. The van der Waals surface area contributed by atoms with Gasteiger partial charge in [0.25, 0.3) is 5.91 Å². The van der Waals surface area contributed by atoms with Crippen LogP contribution in [0.4, 0.5) is 18.9 Å². The van der Waals surface area contributed by atoms with Crippen molar-refractivity contribution < 1.29 is 22.8 Å². The minimum atomic E-state index is -4.95. The van der Waals surface area contributed by atoms with Crippen molar-refractivity contribution in [3.63, 3.8) is 0 Å². The fourth-order valence-electron chi connectivity index (χ4n) is 3.18. The molecule has 1 N–H and O–H groups in total. The lowest BCUT2D eigenvalue weighted by Crippen LogP contribution is -2.40. The van der Waals surface area contributed by atoms with Gasteiger partial charge in [0.05, 0.1) is 11.1 Å². The number of halogens is 3. The Hall–Kier alpha value is -3.77. The normalized spacial score (nSPS) is 10.9. The highest BCUT2D eigenvalue weighted by Crippen LogP contribution is 2.33. The van der Waals surface area contributed by atoms with Gasteiger partial charge in [-0.25, -0.2) is 0 Å². The molecule has 3 aromatic rings. The van der Waals surface area contributed by atoms with Crippen LogP contribution in [0, 0.1) is 11.3 Å². The molecule has 0 aliphatic heterocycles. The van der Waals surface area contributed by atoms with Gasteiger partial charge in [-0.1, -0.05) is 48.2 Å². The summed E-state index contributed by atoms with van der Waals surface area (Å²) in [5.41, 5.74) is 1.70. The van der Waals surface area contributed by atoms with Gasteiger partial charge in [-0.05, 0) is 48.9 Å². The SMILES string of the molecule is CCN(Cc1cccc(NC(=O)c2ccccc2Sc2ccccc2C#N)c1)C(=O)C(F)(F)F. The van der Waals surface area contributed by atoms with E-state index in [1.165, 1.54) is 24.8 Å². The van der Waals surface area contributed by atoms with Gasteiger partial charge in [-0.15, -0.1) is 0 Å². The summed E-state index contributed by atoms with van der Waals surface area (Å²) < 4.78 is 38.4. The van der Waals surface area contributed by atoms with Gasteiger partial charge < -0.3 is 10.2 Å². The lowest BCUT2D eigenvalue weighted by atomic mass is 10.1. The number of nitriles is 1. The molecule has 0 aliphatic rings. The van der Waals surface area contributed by atoms with Crippen LogP contribution in [0.5, 0.6) is 0 Å². The van der Waals surface area contributed by atoms with Crippen molar-refractivity contribution in [3.05, 3.63) is 89.5 Å². The van der Waals surface area contributed by atoms with Crippen molar-refractivity contribution in [2.45, 2.75) is 29.4 Å². The van der Waals surface area contributed by atoms with Crippen LogP contribution in [0.3, 0.4) is 0 Å². The maximum Gasteiger partial charge on any atom is 0.471 e. The molecule has 0 saturated carbocycles. The molecule has 0 bridgehead atoms. The van der Waals surface area contributed by atoms with Gasteiger partial charge in [-0.3, -0.25) is 9.59 Å². The molecule has 0 atom stereocenters. The number of hydrogen-bond acceptors (Lipinski definition) is 4. The molecule has 0 fully saturated rings. The molecular weight excluding hydrogens is 463 g/mol. The molecule has 0 unspecified atom stereocenters. The minimum Gasteiger partial charge on any atom is -0.331 e. The third-order valence-electron chi connectivity index (χ3n) is 4.83. The van der Waals surface area contributed by atoms with E-state index in [1.807, 2.05) is 0 Å². The van der Waals surface area contributed by atoms with Crippen molar-refractivity contribution >= 4 is 29.3 Å². The highest BCUT2D eigenvalue weighted by molar-refractivity contribution is 7.99. The standard InChI is InChI=1S/C25H20F3N3O2S/c1-2-31(24(33)25(26,27)28)16-17-8-7-10-19(14-17)30-23(32)20-11-4-6-13-22(20)34-21-12-5-3-9-18(21)15-29/h3-14H,2,16H2,1H3,(H,30,32). The van der Waals surface area contributed by atoms with E-state index in [-0.39, 0.29) is 13.1 Å². The van der Waals surface area contributed by atoms with Gasteiger partial charge >= 0.3 is 12.1 Å². The zero-order valence-corrected chi connectivity index (χ0v) is 18.9. The van der Waals surface area contributed by atoms with E-state index in [4.69, 9.17) is 0 Å². The number of rotatable bonds is 7. The van der Waals surface area contributed by atoms with Gasteiger partial charge in [0.1, 0.15) is 6.07 Å². The van der Waals surface area contributed by atoms with E-state index in [2.05, 4.69) is 11.4 Å². The second-order valence-corrected chi connectivity index (χ2v) is 8.26. The molecule has 9 heteroatoms. The summed E-state index contributed by atoms with van der Waals surface area (Å²) in [6.45, 7) is 1.12. The molecule has 3 aromatic carbocycles. The first-order chi connectivity index (χ1) is 16.2. The fraction of sp³-hybridized carbons (Fsp3) is 0.160. The predicted octanol–water partition coefficient (Wildman–Crippen LogP) is 5.87. The number of hydrogen-bond donors (Lipinski definition) is 1. The van der Waals surface area contributed by atoms with Crippen molar-refractivity contribution in [1.29, 1.82) is 5.26 Å². The number of carbonyl (C=O) groups excluding carboxylic acids is 2. The third kappa shape index (κ3) is 6.17. The van der Waals surface area contributed by atoms with Crippen molar-refractivity contribution in [1.82, 2.24) is 4.90 Å². The molecule has 174 valence electrons. The third-order valence-corrected chi connectivity index (χ3v) is 5.98. The summed E-state index contributed by atoms with van der Waals surface area (Å²) in [7, 11) is 0. The van der Waals surface area contributed by atoms with Gasteiger partial charge in [-0.2, -0.15) is 18.4 Å². The van der Waals surface area contributed by atoms with E-state index in [9.17, 15) is 28.0 Å². The average molecular weight is 484 g/mol. The average Bonchev–Trinajstić information content (AvgIpc) is 2.82. The van der Waals surface area contributed by atoms with E-state index in [0.29, 0.717) is 37.1 Å². The van der Waals surface area contributed by atoms with Crippen molar-refractivity contribution in [2.75, 3.05) is 11.9 Å². The Balaban J connectivity index is 1.78. The van der Waals surface area contributed by atoms with Crippen LogP contribution < -0.4 is 5.32 Å². The summed E-state index contributed by atoms with van der Waals surface area (Å²) in [6, 6.07) is 22.4. The van der Waals surface area contributed by atoms with Crippen LogP contribution >= 0.6 is 11.8 Å². The minimum absolute atomic E-state index is 0.107. The Labute approximate surface area is 199 Å². The number of anilines is 1. The highest BCUT2D eigenvalue weighted by Gasteiger charge is 2.41. The van der Waals surface area contributed by atoms with Gasteiger partial charge in [0.2, 0.25) is 0 Å². The second kappa shape index (κ2) is 10.9. The quantitative estimate of drug-likeness (QED) is 0.456. The van der Waals surface area contributed by atoms with Crippen molar-refractivity contribution in [2.24, 2.45) is 0 Å². The van der Waals surface area contributed by atoms with E-state index >= 15 is 0 Å². The summed E-state index contributed by atoms with van der Waals surface area (Å²) in [5.74, 6) is -2.32. The maximum atomic E-state index is 13.0. The number of carbonyl (C=O) groups is 2. The molecule has 0 aromatic heterocycles. The van der Waals surface area contributed by atoms with Crippen molar-refractivity contribution in [3.8, 4) is 6.07 Å². The van der Waals surface area contributed by atoms with Crippen LogP contribution in [-0.2, 0) is 11.3 Å². The van der Waals surface area contributed by atoms with Crippen LogP contribution in [0.2, 0.25) is 0 Å². The Morgan fingerprint density at radius 2 is 1.68 bits per heavy atom. The molecule has 0 radical (unpaired) electrons. The Morgan fingerprint density at radius 1 is 1.00 bits per heavy atom. The van der Waals surface area contributed by atoms with Gasteiger partial charge in [0.15, 0.2) is 0 Å². The zero-order chi connectivity index (χ0) is 24.7. The van der Waals surface area contributed by atoms with Crippen LogP contribution in [-0.4, -0.2) is 29.4 Å². The molecule has 0 heterocycles. The molecular formula is C25H20F3N3O2S. The Morgan fingerprint density at radius 3 is 2.35 bits per heavy atom. The number of nitrogens with zero attached hydrogens (tertiary/aromatic N) is 2. The predicted molar refractivity (Wildman–Crippen MR) is 123 cm³/mol. The van der Waals surface area contributed by atoms with Gasteiger partial charge in [0, 0.05) is 28.6 Å². The zero-order valence-electron chi connectivity index (χ0n) is 18.1. The molecule has 0 spiro atoms. The summed E-state index contributed by atoms with van der Waals surface area (Å²) in [4.78, 5) is 26.6. The Kier molecular flexibility index (Phi) is 7.97. The topological polar surface area (TPSA) is 73.2 Å². The van der Waals surface area contributed by atoms with E-state index < -0.39 is 18.0 Å². The first-order valence-electron chi connectivity index (χ1n) is 10.2. The first-order valence-corrected chi connectivity index (χ1v) is 11.1. The molecule has 2 amide bonds. The lowest BCUT2D eigenvalue weighted by molar-refractivity contribution is -0.185. The second-order valence-electron chi connectivity index (χ2n) is 7.18. The molecule has 5 nitrogen and oxygen atoms in total. The molecule has 3 rings (SSSR count). The number of alkyl halides is 3. The largest absolute Gasteiger partial charge is 0.471 e. The van der Waals surface area contributed by atoms with Crippen LogP contribution in [0.15, 0.2) is 82.6 Å². The van der Waals surface area contributed by atoms with E-state index in [0.717, 1.165) is 0 Å². The van der Waals surface area contributed by atoms with Crippen LogP contribution in [0.25, 0.3) is 0 Å².